The van der Waals surface area contributed by atoms with Crippen molar-refractivity contribution in [2.75, 3.05) is 32.7 Å². The molecular weight excluding hydrogens is 508 g/mol. The van der Waals surface area contributed by atoms with Gasteiger partial charge in [-0.3, -0.25) is 9.59 Å². The van der Waals surface area contributed by atoms with Gasteiger partial charge in [-0.25, -0.2) is 4.79 Å². The molecule has 13 heteroatoms. The molecule has 0 aliphatic carbocycles. The molecule has 2 N–H and O–H groups in total. The van der Waals surface area contributed by atoms with Crippen LogP contribution in [0, 0.1) is 6.92 Å². The minimum Gasteiger partial charge on any atom is -0.475 e. The molecule has 3 rings (SSSR count). The van der Waals surface area contributed by atoms with Gasteiger partial charge in [-0.15, -0.1) is 0 Å². The summed E-state index contributed by atoms with van der Waals surface area (Å²) in [7, 11) is 0. The van der Waals surface area contributed by atoms with Crippen LogP contribution in [0.15, 0.2) is 48.5 Å². The smallest absolute Gasteiger partial charge is 0.475 e. The number of hydrogen-bond donors (Lipinski definition) is 2. The molecule has 202 valence electrons. The summed E-state index contributed by atoms with van der Waals surface area (Å²) in [5, 5.41) is 10.3. The van der Waals surface area contributed by atoms with Crippen molar-refractivity contribution in [2.45, 2.75) is 25.8 Å². The highest BCUT2D eigenvalue weighted by Gasteiger charge is 2.38. The van der Waals surface area contributed by atoms with Crippen molar-refractivity contribution in [2.24, 2.45) is 0 Å². The highest BCUT2D eigenvalue weighted by atomic mass is 19.4. The number of carboxylic acids is 1. The quantitative estimate of drug-likeness (QED) is 0.572. The van der Waals surface area contributed by atoms with Gasteiger partial charge < -0.3 is 20.2 Å². The lowest BCUT2D eigenvalue weighted by atomic mass is 10.1. The number of halogens is 6. The van der Waals surface area contributed by atoms with Crippen molar-refractivity contribution in [3.8, 4) is 0 Å². The maximum Gasteiger partial charge on any atom is 0.490 e. The average Bonchev–Trinajstić information content (AvgIpc) is 2.83. The van der Waals surface area contributed by atoms with Gasteiger partial charge in [-0.1, -0.05) is 29.8 Å². The van der Waals surface area contributed by atoms with Gasteiger partial charge in [0.2, 0.25) is 5.91 Å². The second kappa shape index (κ2) is 12.6. The number of aryl methyl sites for hydroxylation is 1. The van der Waals surface area contributed by atoms with E-state index in [1.165, 1.54) is 4.90 Å². The van der Waals surface area contributed by atoms with Crippen molar-refractivity contribution in [3.63, 3.8) is 0 Å². The van der Waals surface area contributed by atoms with E-state index in [0.29, 0.717) is 26.2 Å². The lowest BCUT2D eigenvalue weighted by molar-refractivity contribution is -0.192. The first-order valence-corrected chi connectivity index (χ1v) is 11.0. The van der Waals surface area contributed by atoms with E-state index in [0.717, 1.165) is 35.4 Å². The number of nitrogens with one attached hydrogen (secondary N) is 1. The summed E-state index contributed by atoms with van der Waals surface area (Å²) in [6.07, 6.45) is -9.55. The number of hydrogen-bond acceptors (Lipinski definition) is 4. The van der Waals surface area contributed by atoms with Crippen molar-refractivity contribution < 1.29 is 45.8 Å². The van der Waals surface area contributed by atoms with Crippen molar-refractivity contribution >= 4 is 17.8 Å². The topological polar surface area (TPSA) is 90.0 Å². The maximum atomic E-state index is 13.1. The van der Waals surface area contributed by atoms with Gasteiger partial charge in [-0.2, -0.15) is 26.3 Å². The van der Waals surface area contributed by atoms with E-state index in [-0.39, 0.29) is 24.6 Å². The lowest BCUT2D eigenvalue weighted by Crippen LogP contribution is -2.50. The van der Waals surface area contributed by atoms with E-state index < -0.39 is 29.8 Å². The minimum atomic E-state index is -5.08. The summed E-state index contributed by atoms with van der Waals surface area (Å²) in [6.45, 7) is 4.49. The molecule has 0 atom stereocenters. The van der Waals surface area contributed by atoms with Gasteiger partial charge in [-0.05, 0) is 36.8 Å². The predicted molar refractivity (Wildman–Crippen MR) is 121 cm³/mol. The first-order chi connectivity index (χ1) is 17.2. The predicted octanol–water partition coefficient (Wildman–Crippen LogP) is 3.72. The van der Waals surface area contributed by atoms with Crippen LogP contribution in [0.1, 0.15) is 27.0 Å². The van der Waals surface area contributed by atoms with Crippen LogP contribution in [0.3, 0.4) is 0 Å². The minimum absolute atomic E-state index is 0.115. The number of alkyl halides is 6. The molecule has 2 amide bonds. The third-order valence-electron chi connectivity index (χ3n) is 5.24. The van der Waals surface area contributed by atoms with Crippen LogP contribution in [0.5, 0.6) is 0 Å². The molecule has 2 aromatic carbocycles. The largest absolute Gasteiger partial charge is 0.490 e. The van der Waals surface area contributed by atoms with Gasteiger partial charge in [0, 0.05) is 38.3 Å². The Morgan fingerprint density at radius 2 is 1.54 bits per heavy atom. The number of carboxylic acid groups (broad SMARTS) is 1. The molecule has 1 fully saturated rings. The van der Waals surface area contributed by atoms with Crippen LogP contribution in [-0.2, 0) is 22.3 Å². The fraction of sp³-hybridized carbons (Fsp3) is 0.375. The Labute approximate surface area is 208 Å². The van der Waals surface area contributed by atoms with E-state index in [4.69, 9.17) is 9.90 Å². The maximum absolute atomic E-state index is 13.1. The fourth-order valence-corrected chi connectivity index (χ4v) is 3.39. The molecule has 0 bridgehead atoms. The fourth-order valence-electron chi connectivity index (χ4n) is 3.39. The SMILES string of the molecule is Cc1cccc(CN(CC(=O)N2CCNCC2)C(=O)c2ccc(C(F)(F)F)cc2)c1.O=C(O)C(F)(F)F. The monoisotopic (exact) mass is 533 g/mol. The van der Waals surface area contributed by atoms with Crippen LogP contribution in [0.2, 0.25) is 0 Å². The Balaban J connectivity index is 0.000000604. The molecule has 0 saturated carbocycles. The standard InChI is InChI=1S/C22H24F3N3O2.C2HF3O2/c1-16-3-2-4-17(13-16)14-28(15-20(29)27-11-9-26-10-12-27)21(30)18-5-7-19(8-6-18)22(23,24)25;3-2(4,5)1(6)7/h2-8,13,26H,9-12,14-15H2,1H3;(H,6,7). The van der Waals surface area contributed by atoms with Gasteiger partial charge in [0.1, 0.15) is 6.54 Å². The highest BCUT2D eigenvalue weighted by molar-refractivity contribution is 5.96. The third-order valence-corrected chi connectivity index (χ3v) is 5.24. The summed E-state index contributed by atoms with van der Waals surface area (Å²) in [5.74, 6) is -3.41. The molecule has 0 unspecified atom stereocenters. The Kier molecular flexibility index (Phi) is 10.1. The number of amides is 2. The molecule has 2 aromatic rings. The van der Waals surface area contributed by atoms with Crippen LogP contribution >= 0.6 is 0 Å². The Bertz CT molecular complexity index is 1080. The number of aliphatic carboxylic acids is 1. The van der Waals surface area contributed by atoms with Crippen molar-refractivity contribution in [1.29, 1.82) is 0 Å². The zero-order valence-electron chi connectivity index (χ0n) is 19.7. The molecule has 0 aromatic heterocycles. The summed E-state index contributed by atoms with van der Waals surface area (Å²) < 4.78 is 70.2. The Hall–Kier alpha value is -3.61. The number of carbonyl (C=O) groups is 3. The first-order valence-electron chi connectivity index (χ1n) is 11.0. The second-order valence-corrected chi connectivity index (χ2v) is 8.16. The molecule has 1 aliphatic heterocycles. The van der Waals surface area contributed by atoms with E-state index in [1.807, 2.05) is 31.2 Å². The molecule has 1 saturated heterocycles. The first kappa shape index (κ1) is 29.6. The van der Waals surface area contributed by atoms with E-state index in [2.05, 4.69) is 5.32 Å². The normalized spacial score (nSPS) is 13.9. The van der Waals surface area contributed by atoms with Gasteiger partial charge in [0.15, 0.2) is 0 Å². The highest BCUT2D eigenvalue weighted by Crippen LogP contribution is 2.29. The Morgan fingerprint density at radius 1 is 0.973 bits per heavy atom. The van der Waals surface area contributed by atoms with E-state index >= 15 is 0 Å². The summed E-state index contributed by atoms with van der Waals surface area (Å²) in [5.41, 5.74) is 1.16. The molecule has 1 aliphatic rings. The molecule has 37 heavy (non-hydrogen) atoms. The summed E-state index contributed by atoms with van der Waals surface area (Å²) >= 11 is 0. The Morgan fingerprint density at radius 3 is 2.03 bits per heavy atom. The van der Waals surface area contributed by atoms with Crippen LogP contribution in [0.4, 0.5) is 26.3 Å². The van der Waals surface area contributed by atoms with Crippen molar-refractivity contribution in [1.82, 2.24) is 15.1 Å². The van der Waals surface area contributed by atoms with Gasteiger partial charge in [0.25, 0.3) is 5.91 Å². The van der Waals surface area contributed by atoms with E-state index in [1.54, 1.807) is 4.90 Å². The van der Waals surface area contributed by atoms with Crippen molar-refractivity contribution in [3.05, 3.63) is 70.8 Å². The number of rotatable bonds is 5. The number of piperazine rings is 1. The number of benzene rings is 2. The summed E-state index contributed by atoms with van der Waals surface area (Å²) in [6, 6.07) is 11.7. The van der Waals surface area contributed by atoms with Crippen LogP contribution < -0.4 is 5.32 Å². The second-order valence-electron chi connectivity index (χ2n) is 8.16. The average molecular weight is 533 g/mol. The zero-order chi connectivity index (χ0) is 27.8. The van der Waals surface area contributed by atoms with E-state index in [9.17, 15) is 35.9 Å². The molecule has 0 spiro atoms. The van der Waals surface area contributed by atoms with Gasteiger partial charge in [0.05, 0.1) is 5.56 Å². The lowest BCUT2D eigenvalue weighted by Gasteiger charge is -2.30. The van der Waals surface area contributed by atoms with Crippen LogP contribution in [0.25, 0.3) is 0 Å². The van der Waals surface area contributed by atoms with Crippen LogP contribution in [-0.4, -0.2) is 71.6 Å². The molecule has 7 nitrogen and oxygen atoms in total. The number of carbonyl (C=O) groups excluding carboxylic acids is 2. The number of nitrogens with zero attached hydrogens (tertiary/aromatic N) is 2. The summed E-state index contributed by atoms with van der Waals surface area (Å²) in [4.78, 5) is 37.8. The molecular formula is C24H25F6N3O4. The molecule has 0 radical (unpaired) electrons. The third kappa shape index (κ3) is 9.41. The zero-order valence-corrected chi connectivity index (χ0v) is 19.7. The molecule has 1 heterocycles. The van der Waals surface area contributed by atoms with Gasteiger partial charge >= 0.3 is 18.3 Å².